The Morgan fingerprint density at radius 2 is 1.62 bits per heavy atom. The maximum atomic E-state index is 5.63. The summed E-state index contributed by atoms with van der Waals surface area (Å²) < 4.78 is 10.5. The monoisotopic (exact) mass is 213 g/mol. The lowest BCUT2D eigenvalue weighted by Gasteiger charge is -2.07. The quantitative estimate of drug-likeness (QED) is 0.774. The topological polar surface area (TPSA) is 18.5 Å². The van der Waals surface area contributed by atoms with Gasteiger partial charge >= 0.3 is 0 Å². The van der Waals surface area contributed by atoms with E-state index in [4.69, 9.17) is 9.47 Å². The van der Waals surface area contributed by atoms with Crippen LogP contribution in [0.3, 0.4) is 0 Å². The lowest BCUT2D eigenvalue weighted by Crippen LogP contribution is -1.94. The minimum Gasteiger partial charge on any atom is -0.490 e. The van der Waals surface area contributed by atoms with Crippen molar-refractivity contribution in [2.24, 2.45) is 0 Å². The average Bonchev–Trinajstić information content (AvgIpc) is 2.38. The summed E-state index contributed by atoms with van der Waals surface area (Å²) in [6.45, 7) is 0.557. The molecule has 0 amide bonds. The Morgan fingerprint density at radius 3 is 2.38 bits per heavy atom. The molecule has 0 aliphatic carbocycles. The van der Waals surface area contributed by atoms with Crippen LogP contribution in [0, 0.1) is 7.11 Å². The van der Waals surface area contributed by atoms with Gasteiger partial charge in [-0.2, -0.15) is 0 Å². The molecule has 0 atom stereocenters. The smallest absolute Gasteiger partial charge is 0.123 e. The van der Waals surface area contributed by atoms with Gasteiger partial charge in [-0.1, -0.05) is 36.4 Å². The molecule has 0 heterocycles. The van der Waals surface area contributed by atoms with E-state index in [1.54, 1.807) is 0 Å². The zero-order chi connectivity index (χ0) is 11.2. The van der Waals surface area contributed by atoms with Gasteiger partial charge in [0.1, 0.15) is 25.2 Å². The van der Waals surface area contributed by atoms with Crippen LogP contribution < -0.4 is 9.47 Å². The van der Waals surface area contributed by atoms with E-state index >= 15 is 0 Å². The van der Waals surface area contributed by atoms with Crippen LogP contribution in [0.1, 0.15) is 5.56 Å². The number of ether oxygens (including phenoxy) is 2. The van der Waals surface area contributed by atoms with Crippen molar-refractivity contribution in [3.05, 3.63) is 67.3 Å². The minimum atomic E-state index is 0.557. The largest absolute Gasteiger partial charge is 0.490 e. The molecule has 0 saturated heterocycles. The van der Waals surface area contributed by atoms with Crippen LogP contribution in [0.25, 0.3) is 0 Å². The summed E-state index contributed by atoms with van der Waals surface area (Å²) in [5, 5.41) is 0. The van der Waals surface area contributed by atoms with Gasteiger partial charge in [-0.3, -0.25) is 0 Å². The molecule has 2 aromatic rings. The molecule has 0 saturated carbocycles. The fourth-order valence-corrected chi connectivity index (χ4v) is 1.39. The van der Waals surface area contributed by atoms with E-state index < -0.39 is 0 Å². The van der Waals surface area contributed by atoms with E-state index in [2.05, 4.69) is 7.11 Å². The molecule has 2 rings (SSSR count). The van der Waals surface area contributed by atoms with Crippen molar-refractivity contribution in [3.63, 3.8) is 0 Å². The van der Waals surface area contributed by atoms with Gasteiger partial charge < -0.3 is 9.47 Å². The van der Waals surface area contributed by atoms with Crippen LogP contribution in [0.2, 0.25) is 0 Å². The fraction of sp³-hybridized carbons (Fsp3) is 0.0714. The van der Waals surface area contributed by atoms with E-state index in [1.807, 2.05) is 54.6 Å². The molecule has 81 valence electrons. The minimum absolute atomic E-state index is 0.557. The van der Waals surface area contributed by atoms with E-state index in [9.17, 15) is 0 Å². The summed E-state index contributed by atoms with van der Waals surface area (Å²) in [5.41, 5.74) is 1.14. The van der Waals surface area contributed by atoms with E-state index in [-0.39, 0.29) is 0 Å². The Kier molecular flexibility index (Phi) is 3.44. The van der Waals surface area contributed by atoms with Crippen LogP contribution >= 0.6 is 0 Å². The van der Waals surface area contributed by atoms with Gasteiger partial charge in [0.15, 0.2) is 0 Å². The van der Waals surface area contributed by atoms with Crippen LogP contribution in [0.5, 0.6) is 11.5 Å². The summed E-state index contributed by atoms with van der Waals surface area (Å²) in [7, 11) is 3.36. The maximum absolute atomic E-state index is 5.63. The Balaban J connectivity index is 1.99. The second-order valence-corrected chi connectivity index (χ2v) is 3.39. The number of hydrogen-bond donors (Lipinski definition) is 0. The highest BCUT2D eigenvalue weighted by atomic mass is 16.5. The molecule has 0 bridgehead atoms. The normalized spacial score (nSPS) is 9.81. The zero-order valence-corrected chi connectivity index (χ0v) is 8.93. The first-order valence-electron chi connectivity index (χ1n) is 5.07. The molecular weight excluding hydrogens is 200 g/mol. The summed E-state index contributed by atoms with van der Waals surface area (Å²) in [5.74, 6) is 1.48. The number of benzene rings is 2. The SMILES string of the molecule is [CH2]Oc1cccc(OCc2ccccc2)c1. The van der Waals surface area contributed by atoms with Gasteiger partial charge in [0.05, 0.1) is 0 Å². The van der Waals surface area contributed by atoms with Crippen molar-refractivity contribution in [2.75, 3.05) is 0 Å². The van der Waals surface area contributed by atoms with Gasteiger partial charge in [0.2, 0.25) is 0 Å². The van der Waals surface area contributed by atoms with Crippen molar-refractivity contribution >= 4 is 0 Å². The van der Waals surface area contributed by atoms with Gasteiger partial charge in [-0.15, -0.1) is 0 Å². The van der Waals surface area contributed by atoms with E-state index in [0.29, 0.717) is 12.4 Å². The molecule has 2 heteroatoms. The maximum Gasteiger partial charge on any atom is 0.123 e. The Labute approximate surface area is 95.4 Å². The first kappa shape index (κ1) is 10.6. The molecule has 0 spiro atoms. The molecule has 0 aromatic heterocycles. The highest BCUT2D eigenvalue weighted by Crippen LogP contribution is 2.20. The third kappa shape index (κ3) is 2.76. The van der Waals surface area contributed by atoms with Crippen molar-refractivity contribution in [2.45, 2.75) is 6.61 Å². The molecule has 0 unspecified atom stereocenters. The second kappa shape index (κ2) is 5.21. The van der Waals surface area contributed by atoms with Crippen molar-refractivity contribution in [1.82, 2.24) is 0 Å². The fourth-order valence-electron chi connectivity index (χ4n) is 1.39. The Morgan fingerprint density at radius 1 is 0.875 bits per heavy atom. The molecule has 0 fully saturated rings. The standard InChI is InChI=1S/C14H13O2/c1-15-13-8-5-9-14(10-13)16-11-12-6-3-2-4-7-12/h2-10H,1,11H2. The molecule has 1 radical (unpaired) electrons. The lowest BCUT2D eigenvalue weighted by molar-refractivity contribution is 0.304. The second-order valence-electron chi connectivity index (χ2n) is 3.39. The molecule has 0 N–H and O–H groups in total. The zero-order valence-electron chi connectivity index (χ0n) is 8.93. The predicted octanol–water partition coefficient (Wildman–Crippen LogP) is 3.44. The molecule has 16 heavy (non-hydrogen) atoms. The van der Waals surface area contributed by atoms with E-state index in [0.717, 1.165) is 11.3 Å². The first-order chi connectivity index (χ1) is 7.88. The Bertz CT molecular complexity index is 437. The molecule has 0 aliphatic rings. The number of hydrogen-bond acceptors (Lipinski definition) is 2. The van der Waals surface area contributed by atoms with Crippen LogP contribution in [0.15, 0.2) is 54.6 Å². The molecule has 2 aromatic carbocycles. The van der Waals surface area contributed by atoms with Crippen LogP contribution in [0.4, 0.5) is 0 Å². The van der Waals surface area contributed by atoms with Gasteiger partial charge in [-0.25, -0.2) is 0 Å². The third-order valence-electron chi connectivity index (χ3n) is 2.22. The van der Waals surface area contributed by atoms with Crippen molar-refractivity contribution in [3.8, 4) is 11.5 Å². The van der Waals surface area contributed by atoms with Gasteiger partial charge in [-0.05, 0) is 17.7 Å². The van der Waals surface area contributed by atoms with Crippen LogP contribution in [-0.4, -0.2) is 0 Å². The van der Waals surface area contributed by atoms with Crippen molar-refractivity contribution < 1.29 is 9.47 Å². The third-order valence-corrected chi connectivity index (χ3v) is 2.22. The summed E-state index contributed by atoms with van der Waals surface area (Å²) >= 11 is 0. The van der Waals surface area contributed by atoms with Gasteiger partial charge in [0.25, 0.3) is 0 Å². The Hall–Kier alpha value is -1.96. The van der Waals surface area contributed by atoms with E-state index in [1.165, 1.54) is 0 Å². The molecular formula is C14H13O2. The first-order valence-corrected chi connectivity index (χ1v) is 5.07. The number of rotatable bonds is 4. The lowest BCUT2D eigenvalue weighted by atomic mass is 10.2. The summed E-state index contributed by atoms with van der Waals surface area (Å²) in [6, 6.07) is 17.5. The highest BCUT2D eigenvalue weighted by molar-refractivity contribution is 5.33. The van der Waals surface area contributed by atoms with Crippen molar-refractivity contribution in [1.29, 1.82) is 0 Å². The van der Waals surface area contributed by atoms with Gasteiger partial charge in [0, 0.05) is 6.07 Å². The molecule has 2 nitrogen and oxygen atoms in total. The average molecular weight is 213 g/mol. The highest BCUT2D eigenvalue weighted by Gasteiger charge is 1.97. The predicted molar refractivity (Wildman–Crippen MR) is 63.2 cm³/mol. The summed E-state index contributed by atoms with van der Waals surface area (Å²) in [4.78, 5) is 0. The molecule has 0 aliphatic heterocycles. The summed E-state index contributed by atoms with van der Waals surface area (Å²) in [6.07, 6.45) is 0. The van der Waals surface area contributed by atoms with Crippen LogP contribution in [-0.2, 0) is 6.61 Å².